The van der Waals surface area contributed by atoms with E-state index in [-0.39, 0.29) is 30.3 Å². The molecule has 1 fully saturated rings. The zero-order chi connectivity index (χ0) is 11.0. The predicted molar refractivity (Wildman–Crippen MR) is 53.8 cm³/mol. The van der Waals surface area contributed by atoms with Crippen molar-refractivity contribution < 1.29 is 14.7 Å². The number of amides is 2. The number of likely N-dealkylation sites (tertiary alicyclic amines) is 1. The highest BCUT2D eigenvalue weighted by Gasteiger charge is 2.48. The first kappa shape index (κ1) is 10.4. The summed E-state index contributed by atoms with van der Waals surface area (Å²) in [5.74, 6) is -0.597. The van der Waals surface area contributed by atoms with Crippen molar-refractivity contribution >= 4 is 11.8 Å². The molecule has 3 atom stereocenters. The summed E-state index contributed by atoms with van der Waals surface area (Å²) in [7, 11) is 0. The summed E-state index contributed by atoms with van der Waals surface area (Å²) in [6, 6.07) is -0.393. The molecule has 1 heterocycles. The van der Waals surface area contributed by atoms with Crippen molar-refractivity contribution in [2.24, 2.45) is 11.8 Å². The number of hydrogen-bond donors (Lipinski definition) is 1. The van der Waals surface area contributed by atoms with Crippen LogP contribution in [0.2, 0.25) is 0 Å². The maximum atomic E-state index is 11.9. The first-order valence-electron chi connectivity index (χ1n) is 5.29. The molecule has 1 aliphatic carbocycles. The zero-order valence-corrected chi connectivity index (χ0v) is 8.72. The molecule has 1 aliphatic heterocycles. The standard InChI is InChI=1S/C11H15NO3/c1-7(6-13)12-10(14)8-4-2-3-5-9(8)11(12)15/h2-3,7-9,13H,4-6H2,1H3/t7-,8?,9?/m1/s1. The van der Waals surface area contributed by atoms with Gasteiger partial charge in [0.1, 0.15) is 0 Å². The molecule has 2 aliphatic rings. The number of carbonyl (C=O) groups is 2. The van der Waals surface area contributed by atoms with Crippen molar-refractivity contribution in [2.75, 3.05) is 6.61 Å². The second kappa shape index (κ2) is 3.77. The smallest absolute Gasteiger partial charge is 0.233 e. The molecular weight excluding hydrogens is 194 g/mol. The van der Waals surface area contributed by atoms with E-state index in [1.54, 1.807) is 6.92 Å². The van der Waals surface area contributed by atoms with Gasteiger partial charge in [-0.15, -0.1) is 0 Å². The summed E-state index contributed by atoms with van der Waals surface area (Å²) in [4.78, 5) is 25.1. The number of imide groups is 1. The van der Waals surface area contributed by atoms with Crippen LogP contribution in [0.25, 0.3) is 0 Å². The van der Waals surface area contributed by atoms with Crippen LogP contribution in [0, 0.1) is 11.8 Å². The Morgan fingerprint density at radius 3 is 2.20 bits per heavy atom. The molecule has 2 amide bonds. The summed E-state index contributed by atoms with van der Waals surface area (Å²) < 4.78 is 0. The second-order valence-corrected chi connectivity index (χ2v) is 4.23. The second-order valence-electron chi connectivity index (χ2n) is 4.23. The quantitative estimate of drug-likeness (QED) is 0.526. The number of allylic oxidation sites excluding steroid dienone is 2. The Morgan fingerprint density at radius 1 is 1.33 bits per heavy atom. The molecule has 15 heavy (non-hydrogen) atoms. The Kier molecular flexibility index (Phi) is 2.61. The van der Waals surface area contributed by atoms with Crippen molar-refractivity contribution in [3.8, 4) is 0 Å². The fraction of sp³-hybridized carbons (Fsp3) is 0.636. The van der Waals surface area contributed by atoms with E-state index in [2.05, 4.69) is 0 Å². The van der Waals surface area contributed by atoms with Crippen LogP contribution >= 0.6 is 0 Å². The van der Waals surface area contributed by atoms with E-state index >= 15 is 0 Å². The highest BCUT2D eigenvalue weighted by molar-refractivity contribution is 6.05. The molecule has 0 aromatic heterocycles. The molecule has 82 valence electrons. The minimum absolute atomic E-state index is 0.115. The molecule has 0 saturated carbocycles. The number of aliphatic hydroxyl groups excluding tert-OH is 1. The number of carbonyl (C=O) groups excluding carboxylic acids is 2. The van der Waals surface area contributed by atoms with Crippen molar-refractivity contribution in [1.82, 2.24) is 4.90 Å². The Hall–Kier alpha value is -1.16. The van der Waals surface area contributed by atoms with E-state index in [4.69, 9.17) is 5.11 Å². The first-order chi connectivity index (χ1) is 7.16. The lowest BCUT2D eigenvalue weighted by molar-refractivity contribution is -0.143. The van der Waals surface area contributed by atoms with Gasteiger partial charge in [-0.25, -0.2) is 0 Å². The van der Waals surface area contributed by atoms with Gasteiger partial charge in [0.05, 0.1) is 24.5 Å². The zero-order valence-electron chi connectivity index (χ0n) is 8.72. The van der Waals surface area contributed by atoms with E-state index in [1.807, 2.05) is 12.2 Å². The van der Waals surface area contributed by atoms with Crippen LogP contribution in [-0.2, 0) is 9.59 Å². The van der Waals surface area contributed by atoms with Crippen LogP contribution in [0.5, 0.6) is 0 Å². The van der Waals surface area contributed by atoms with Gasteiger partial charge >= 0.3 is 0 Å². The molecular formula is C11H15NO3. The van der Waals surface area contributed by atoms with Gasteiger partial charge in [-0.05, 0) is 19.8 Å². The van der Waals surface area contributed by atoms with Crippen molar-refractivity contribution in [3.05, 3.63) is 12.2 Å². The lowest BCUT2D eigenvalue weighted by Gasteiger charge is -2.20. The number of hydrogen-bond acceptors (Lipinski definition) is 3. The molecule has 0 aromatic rings. The van der Waals surface area contributed by atoms with Crippen LogP contribution in [0.15, 0.2) is 12.2 Å². The number of rotatable bonds is 2. The summed E-state index contributed by atoms with van der Waals surface area (Å²) >= 11 is 0. The minimum Gasteiger partial charge on any atom is -0.394 e. The van der Waals surface area contributed by atoms with E-state index in [1.165, 1.54) is 4.90 Å². The summed E-state index contributed by atoms with van der Waals surface area (Å²) in [6.07, 6.45) is 5.23. The molecule has 2 unspecified atom stereocenters. The van der Waals surface area contributed by atoms with Crippen molar-refractivity contribution in [2.45, 2.75) is 25.8 Å². The van der Waals surface area contributed by atoms with Crippen LogP contribution in [-0.4, -0.2) is 34.5 Å². The van der Waals surface area contributed by atoms with E-state index in [0.29, 0.717) is 12.8 Å². The van der Waals surface area contributed by atoms with Gasteiger partial charge in [0.15, 0.2) is 0 Å². The van der Waals surface area contributed by atoms with Gasteiger partial charge in [-0.1, -0.05) is 12.2 Å². The minimum atomic E-state index is -0.393. The van der Waals surface area contributed by atoms with E-state index in [0.717, 1.165) is 0 Å². The van der Waals surface area contributed by atoms with Crippen molar-refractivity contribution in [1.29, 1.82) is 0 Å². The molecule has 4 heteroatoms. The molecule has 1 saturated heterocycles. The molecule has 0 spiro atoms. The van der Waals surface area contributed by atoms with E-state index in [9.17, 15) is 9.59 Å². The first-order valence-corrected chi connectivity index (χ1v) is 5.29. The van der Waals surface area contributed by atoms with Gasteiger partial charge in [0, 0.05) is 0 Å². The Bertz CT molecular complexity index is 298. The largest absolute Gasteiger partial charge is 0.394 e. The molecule has 0 bridgehead atoms. The Morgan fingerprint density at radius 2 is 1.80 bits per heavy atom. The molecule has 2 rings (SSSR count). The van der Waals surface area contributed by atoms with Crippen LogP contribution in [0.4, 0.5) is 0 Å². The molecule has 4 nitrogen and oxygen atoms in total. The third kappa shape index (κ3) is 1.49. The number of fused-ring (bicyclic) bond motifs is 1. The maximum Gasteiger partial charge on any atom is 0.233 e. The van der Waals surface area contributed by atoms with Crippen LogP contribution in [0.1, 0.15) is 19.8 Å². The summed E-state index contributed by atoms with van der Waals surface area (Å²) in [5, 5.41) is 9.00. The lowest BCUT2D eigenvalue weighted by Crippen LogP contribution is -2.41. The summed E-state index contributed by atoms with van der Waals surface area (Å²) in [6.45, 7) is 1.53. The van der Waals surface area contributed by atoms with Gasteiger partial charge in [-0.2, -0.15) is 0 Å². The molecule has 0 aromatic carbocycles. The number of nitrogens with zero attached hydrogens (tertiary/aromatic N) is 1. The lowest BCUT2D eigenvalue weighted by atomic mass is 9.85. The SMILES string of the molecule is C[C@H](CO)N1C(=O)C2CC=CCC2C1=O. The third-order valence-corrected chi connectivity index (χ3v) is 3.25. The highest BCUT2D eigenvalue weighted by Crippen LogP contribution is 2.35. The van der Waals surface area contributed by atoms with Crippen LogP contribution < -0.4 is 0 Å². The van der Waals surface area contributed by atoms with Gasteiger partial charge < -0.3 is 5.11 Å². The van der Waals surface area contributed by atoms with Gasteiger partial charge in [-0.3, -0.25) is 14.5 Å². The average molecular weight is 209 g/mol. The topological polar surface area (TPSA) is 57.6 Å². The molecule has 0 radical (unpaired) electrons. The normalized spacial score (nSPS) is 32.0. The van der Waals surface area contributed by atoms with Crippen molar-refractivity contribution in [3.63, 3.8) is 0 Å². The summed E-state index contributed by atoms with van der Waals surface area (Å²) in [5.41, 5.74) is 0. The van der Waals surface area contributed by atoms with Crippen LogP contribution in [0.3, 0.4) is 0 Å². The van der Waals surface area contributed by atoms with Gasteiger partial charge in [0.25, 0.3) is 0 Å². The monoisotopic (exact) mass is 209 g/mol. The third-order valence-electron chi connectivity index (χ3n) is 3.25. The molecule has 1 N–H and O–H groups in total. The Balaban J connectivity index is 2.24. The predicted octanol–water partition coefficient (Wildman–Crippen LogP) is 0.318. The fourth-order valence-corrected chi connectivity index (χ4v) is 2.34. The van der Waals surface area contributed by atoms with Gasteiger partial charge in [0.2, 0.25) is 11.8 Å². The maximum absolute atomic E-state index is 11.9. The highest BCUT2D eigenvalue weighted by atomic mass is 16.3. The average Bonchev–Trinajstić information content (AvgIpc) is 2.52. The Labute approximate surface area is 88.6 Å². The number of aliphatic hydroxyl groups is 1. The fourth-order valence-electron chi connectivity index (χ4n) is 2.34. The van der Waals surface area contributed by atoms with E-state index < -0.39 is 6.04 Å².